The number of amides is 1. The molecule has 0 radical (unpaired) electrons. The fourth-order valence-electron chi connectivity index (χ4n) is 4.51. The Labute approximate surface area is 163 Å². The molecule has 3 heterocycles. The number of aryl methyl sites for hydroxylation is 3. The van der Waals surface area contributed by atoms with Gasteiger partial charge in [-0.25, -0.2) is 4.98 Å². The SMILES string of the molecule is CC(N)C1CCCCN1C(=O)CCn1cnc2sc3c(c2c1=O)CCCC3. The van der Waals surface area contributed by atoms with Crippen molar-refractivity contribution in [2.24, 2.45) is 5.73 Å². The Morgan fingerprint density at radius 3 is 2.96 bits per heavy atom. The molecule has 0 bridgehead atoms. The summed E-state index contributed by atoms with van der Waals surface area (Å²) in [5, 5.41) is 0.788. The van der Waals surface area contributed by atoms with Gasteiger partial charge in [-0.05, 0) is 57.4 Å². The maximum Gasteiger partial charge on any atom is 0.262 e. The summed E-state index contributed by atoms with van der Waals surface area (Å²) in [4.78, 5) is 34.4. The van der Waals surface area contributed by atoms with E-state index in [-0.39, 0.29) is 23.6 Å². The van der Waals surface area contributed by atoms with Crippen molar-refractivity contribution < 1.29 is 4.79 Å². The van der Waals surface area contributed by atoms with Gasteiger partial charge in [-0.1, -0.05) is 0 Å². The minimum Gasteiger partial charge on any atom is -0.338 e. The largest absolute Gasteiger partial charge is 0.338 e. The number of nitrogens with two attached hydrogens (primary N) is 1. The molecule has 6 nitrogen and oxygen atoms in total. The van der Waals surface area contributed by atoms with E-state index in [0.29, 0.717) is 13.0 Å². The maximum absolute atomic E-state index is 13.0. The third-order valence-corrected chi connectivity index (χ3v) is 7.18. The first-order valence-electron chi connectivity index (χ1n) is 10.1. The highest BCUT2D eigenvalue weighted by Gasteiger charge is 2.29. The summed E-state index contributed by atoms with van der Waals surface area (Å²) in [6, 6.07) is 0.0970. The second kappa shape index (κ2) is 7.72. The molecule has 2 N–H and O–H groups in total. The Morgan fingerprint density at radius 1 is 1.33 bits per heavy atom. The number of nitrogens with zero attached hydrogens (tertiary/aromatic N) is 3. The van der Waals surface area contributed by atoms with E-state index in [2.05, 4.69) is 4.98 Å². The molecule has 1 amide bonds. The van der Waals surface area contributed by atoms with Crippen molar-refractivity contribution in [2.45, 2.75) is 76.9 Å². The number of aromatic nitrogens is 2. The molecule has 2 aromatic rings. The predicted molar refractivity (Wildman–Crippen MR) is 108 cm³/mol. The smallest absolute Gasteiger partial charge is 0.262 e. The monoisotopic (exact) mass is 388 g/mol. The summed E-state index contributed by atoms with van der Waals surface area (Å²) >= 11 is 1.66. The molecule has 1 aliphatic heterocycles. The van der Waals surface area contributed by atoms with Crippen molar-refractivity contribution in [1.82, 2.24) is 14.5 Å². The van der Waals surface area contributed by atoms with E-state index in [1.807, 2.05) is 11.8 Å². The molecule has 1 aliphatic carbocycles. The van der Waals surface area contributed by atoms with Gasteiger partial charge in [-0.2, -0.15) is 0 Å². The van der Waals surface area contributed by atoms with E-state index in [1.54, 1.807) is 22.2 Å². The quantitative estimate of drug-likeness (QED) is 0.872. The Hall–Kier alpha value is -1.73. The number of fused-ring (bicyclic) bond motifs is 3. The summed E-state index contributed by atoms with van der Waals surface area (Å²) in [5.41, 5.74) is 7.29. The summed E-state index contributed by atoms with van der Waals surface area (Å²) < 4.78 is 1.62. The minimum absolute atomic E-state index is 0.00888. The highest BCUT2D eigenvalue weighted by Crippen LogP contribution is 2.33. The molecule has 2 aromatic heterocycles. The number of piperidine rings is 1. The summed E-state index contributed by atoms with van der Waals surface area (Å²) in [6.07, 6.45) is 9.42. The highest BCUT2D eigenvalue weighted by atomic mass is 32.1. The average Bonchev–Trinajstić information content (AvgIpc) is 3.06. The van der Waals surface area contributed by atoms with E-state index in [0.717, 1.165) is 55.3 Å². The lowest BCUT2D eigenvalue weighted by Gasteiger charge is -2.38. The standard InChI is InChI=1S/C20H28N4O2S/c1-13(21)15-7-4-5-10-24(15)17(25)9-11-23-12-22-19-18(20(23)26)14-6-2-3-8-16(14)27-19/h12-13,15H,2-11,21H2,1H3. The number of rotatable bonds is 4. The highest BCUT2D eigenvalue weighted by molar-refractivity contribution is 7.18. The molecule has 2 atom stereocenters. The number of carbonyl (C=O) groups is 1. The molecule has 2 unspecified atom stereocenters. The Balaban J connectivity index is 1.53. The number of thiophene rings is 1. The molecule has 4 rings (SSSR count). The summed E-state index contributed by atoms with van der Waals surface area (Å²) in [7, 11) is 0. The lowest BCUT2D eigenvalue weighted by atomic mass is 9.96. The summed E-state index contributed by atoms with van der Waals surface area (Å²) in [6.45, 7) is 3.13. The van der Waals surface area contributed by atoms with E-state index < -0.39 is 0 Å². The zero-order chi connectivity index (χ0) is 19.0. The van der Waals surface area contributed by atoms with E-state index in [4.69, 9.17) is 5.73 Å². The van der Waals surface area contributed by atoms with Crippen LogP contribution in [0.4, 0.5) is 0 Å². The van der Waals surface area contributed by atoms with Gasteiger partial charge in [0.05, 0.1) is 11.7 Å². The fourth-order valence-corrected chi connectivity index (χ4v) is 5.73. The normalized spacial score (nSPS) is 21.3. The van der Waals surface area contributed by atoms with Gasteiger partial charge in [0.15, 0.2) is 0 Å². The van der Waals surface area contributed by atoms with Gasteiger partial charge < -0.3 is 10.6 Å². The van der Waals surface area contributed by atoms with Gasteiger partial charge >= 0.3 is 0 Å². The molecule has 0 saturated carbocycles. The topological polar surface area (TPSA) is 81.2 Å². The average molecular weight is 389 g/mol. The summed E-state index contributed by atoms with van der Waals surface area (Å²) in [5.74, 6) is 0.0938. The van der Waals surface area contributed by atoms with E-state index in [9.17, 15) is 9.59 Å². The van der Waals surface area contributed by atoms with Crippen LogP contribution in [-0.2, 0) is 24.2 Å². The molecular weight excluding hydrogens is 360 g/mol. The van der Waals surface area contributed by atoms with Crippen LogP contribution in [0.5, 0.6) is 0 Å². The zero-order valence-corrected chi connectivity index (χ0v) is 16.8. The zero-order valence-electron chi connectivity index (χ0n) is 15.9. The van der Waals surface area contributed by atoms with Gasteiger partial charge in [0.1, 0.15) is 4.83 Å². The first-order chi connectivity index (χ1) is 13.1. The molecule has 1 fully saturated rings. The van der Waals surface area contributed by atoms with Crippen LogP contribution in [0.25, 0.3) is 10.2 Å². The molecule has 0 aromatic carbocycles. The molecule has 2 aliphatic rings. The van der Waals surface area contributed by atoms with E-state index in [1.165, 1.54) is 16.9 Å². The van der Waals surface area contributed by atoms with Crippen molar-refractivity contribution in [3.63, 3.8) is 0 Å². The first-order valence-corrected chi connectivity index (χ1v) is 10.9. The fraction of sp³-hybridized carbons (Fsp3) is 0.650. The predicted octanol–water partition coefficient (Wildman–Crippen LogP) is 2.46. The van der Waals surface area contributed by atoms with Crippen LogP contribution in [0.3, 0.4) is 0 Å². The molecule has 146 valence electrons. The van der Waals surface area contributed by atoms with Crippen LogP contribution < -0.4 is 11.3 Å². The molecule has 0 spiro atoms. The Bertz CT molecular complexity index is 901. The van der Waals surface area contributed by atoms with Gasteiger partial charge in [0, 0.05) is 36.5 Å². The van der Waals surface area contributed by atoms with Crippen LogP contribution in [-0.4, -0.2) is 39.0 Å². The first kappa shape index (κ1) is 18.6. The number of likely N-dealkylation sites (tertiary alicyclic amines) is 1. The Morgan fingerprint density at radius 2 is 2.15 bits per heavy atom. The molecule has 1 saturated heterocycles. The molecule has 27 heavy (non-hydrogen) atoms. The van der Waals surface area contributed by atoms with Crippen molar-refractivity contribution in [3.05, 3.63) is 27.1 Å². The Kier molecular flexibility index (Phi) is 5.32. The molecular formula is C20H28N4O2S. The van der Waals surface area contributed by atoms with Crippen LogP contribution in [0.2, 0.25) is 0 Å². The van der Waals surface area contributed by atoms with Gasteiger partial charge in [-0.3, -0.25) is 14.2 Å². The third kappa shape index (κ3) is 3.55. The number of hydrogen-bond donors (Lipinski definition) is 1. The molecule has 7 heteroatoms. The second-order valence-corrected chi connectivity index (χ2v) is 8.98. The van der Waals surface area contributed by atoms with Crippen molar-refractivity contribution in [1.29, 1.82) is 0 Å². The number of hydrogen-bond acceptors (Lipinski definition) is 5. The van der Waals surface area contributed by atoms with Crippen LogP contribution in [0.15, 0.2) is 11.1 Å². The van der Waals surface area contributed by atoms with Crippen molar-refractivity contribution in [2.75, 3.05) is 6.54 Å². The van der Waals surface area contributed by atoms with Gasteiger partial charge in [-0.15, -0.1) is 11.3 Å². The van der Waals surface area contributed by atoms with Crippen molar-refractivity contribution in [3.8, 4) is 0 Å². The van der Waals surface area contributed by atoms with E-state index >= 15 is 0 Å². The maximum atomic E-state index is 13.0. The lowest BCUT2D eigenvalue weighted by molar-refractivity contribution is -0.135. The third-order valence-electron chi connectivity index (χ3n) is 5.98. The van der Waals surface area contributed by atoms with Crippen LogP contribution in [0, 0.1) is 0 Å². The number of carbonyl (C=O) groups excluding carboxylic acids is 1. The van der Waals surface area contributed by atoms with Crippen molar-refractivity contribution >= 4 is 27.5 Å². The van der Waals surface area contributed by atoms with Crippen LogP contribution >= 0.6 is 11.3 Å². The van der Waals surface area contributed by atoms with Gasteiger partial charge in [0.25, 0.3) is 5.56 Å². The van der Waals surface area contributed by atoms with Crippen LogP contribution in [0.1, 0.15) is 55.9 Å². The minimum atomic E-state index is -0.0210. The lowest BCUT2D eigenvalue weighted by Crippen LogP contribution is -2.51. The second-order valence-electron chi connectivity index (χ2n) is 7.89. The van der Waals surface area contributed by atoms with Gasteiger partial charge in [0.2, 0.25) is 5.91 Å².